The molecule has 2 atom stereocenters. The fraction of sp³-hybridized carbons (Fsp3) is 0.571. The number of hydrogen-bond donors (Lipinski definition) is 2. The first-order valence-corrected chi connectivity index (χ1v) is 8.27. The Balaban J connectivity index is 1.67. The average molecular weight is 312 g/mol. The van der Waals surface area contributed by atoms with Gasteiger partial charge >= 0.3 is 7.12 Å². The van der Waals surface area contributed by atoms with Gasteiger partial charge in [0, 0.05) is 30.1 Å². The van der Waals surface area contributed by atoms with Crippen LogP contribution in [0.5, 0.6) is 5.75 Å². The minimum atomic E-state index is -1.80. The number of hydrogen-bond acceptors (Lipinski definition) is 5. The van der Waals surface area contributed by atoms with E-state index in [1.165, 1.54) is 12.1 Å². The highest BCUT2D eigenvalue weighted by Gasteiger charge is 2.41. The van der Waals surface area contributed by atoms with Gasteiger partial charge in [-0.1, -0.05) is 6.07 Å². The Morgan fingerprint density at radius 3 is 2.95 bits per heavy atom. The van der Waals surface area contributed by atoms with Gasteiger partial charge in [0.1, 0.15) is 17.7 Å². The number of benzene rings is 1. The summed E-state index contributed by atoms with van der Waals surface area (Å²) in [5.74, 6) is 1.87. The summed E-state index contributed by atoms with van der Waals surface area (Å²) in [7, 11) is -1.80. The van der Waals surface area contributed by atoms with Crippen LogP contribution in [0.3, 0.4) is 0 Å². The molecule has 2 saturated heterocycles. The first-order chi connectivity index (χ1) is 10.1. The van der Waals surface area contributed by atoms with Crippen molar-refractivity contribution >= 4 is 24.3 Å². The average Bonchev–Trinajstić information content (AvgIpc) is 2.86. The van der Waals surface area contributed by atoms with Gasteiger partial charge in [-0.25, -0.2) is 4.39 Å². The van der Waals surface area contributed by atoms with Crippen LogP contribution < -0.4 is 10.2 Å². The molecule has 3 rings (SSSR count). The molecule has 0 radical (unpaired) electrons. The Morgan fingerprint density at radius 2 is 2.29 bits per heavy atom. The van der Waals surface area contributed by atoms with Gasteiger partial charge in [-0.05, 0) is 18.2 Å². The van der Waals surface area contributed by atoms with Crippen molar-refractivity contribution in [3.63, 3.8) is 0 Å². The first-order valence-electron chi connectivity index (χ1n) is 7.12. The minimum absolute atomic E-state index is 0.0155. The molecule has 1 spiro atoms. The van der Waals surface area contributed by atoms with E-state index in [0.717, 1.165) is 30.8 Å². The molecular formula is C14H18BFO4S. The molecule has 4 nitrogen and oxygen atoms in total. The Labute approximate surface area is 127 Å². The summed E-state index contributed by atoms with van der Waals surface area (Å²) in [6.45, 7) is 0.668. The zero-order valence-electron chi connectivity index (χ0n) is 11.6. The summed E-state index contributed by atoms with van der Waals surface area (Å²) in [5.41, 5.74) is -0.217. The Hall–Kier alpha value is -0.755. The normalized spacial score (nSPS) is 28.8. The van der Waals surface area contributed by atoms with E-state index in [1.807, 2.05) is 11.8 Å². The molecule has 7 heteroatoms. The van der Waals surface area contributed by atoms with Gasteiger partial charge in [0.25, 0.3) is 0 Å². The van der Waals surface area contributed by atoms with Gasteiger partial charge in [0.05, 0.1) is 12.2 Å². The van der Waals surface area contributed by atoms with E-state index in [4.69, 9.17) is 19.5 Å². The van der Waals surface area contributed by atoms with E-state index in [2.05, 4.69) is 0 Å². The fourth-order valence-corrected chi connectivity index (χ4v) is 4.31. The maximum Gasteiger partial charge on any atom is 0.491 e. The van der Waals surface area contributed by atoms with E-state index in [0.29, 0.717) is 12.4 Å². The van der Waals surface area contributed by atoms with E-state index in [9.17, 15) is 4.39 Å². The van der Waals surface area contributed by atoms with Crippen molar-refractivity contribution in [2.45, 2.75) is 31.0 Å². The molecule has 21 heavy (non-hydrogen) atoms. The molecule has 2 N–H and O–H groups in total. The van der Waals surface area contributed by atoms with Crippen LogP contribution in [-0.2, 0) is 4.74 Å². The Morgan fingerprint density at radius 1 is 1.43 bits per heavy atom. The maximum absolute atomic E-state index is 13.7. The largest absolute Gasteiger partial charge is 0.491 e. The molecule has 114 valence electrons. The van der Waals surface area contributed by atoms with Crippen LogP contribution in [0.4, 0.5) is 4.39 Å². The van der Waals surface area contributed by atoms with Crippen LogP contribution in [0.15, 0.2) is 18.2 Å². The van der Waals surface area contributed by atoms with E-state index in [1.54, 1.807) is 6.07 Å². The summed E-state index contributed by atoms with van der Waals surface area (Å²) < 4.78 is 25.5. The Kier molecular flexibility index (Phi) is 4.45. The van der Waals surface area contributed by atoms with Crippen molar-refractivity contribution in [2.75, 3.05) is 18.1 Å². The summed E-state index contributed by atoms with van der Waals surface area (Å²) >= 11 is 1.90. The number of halogens is 1. The quantitative estimate of drug-likeness (QED) is 0.814. The van der Waals surface area contributed by atoms with Crippen LogP contribution in [0.1, 0.15) is 19.3 Å². The van der Waals surface area contributed by atoms with Crippen molar-refractivity contribution in [3.05, 3.63) is 24.0 Å². The van der Waals surface area contributed by atoms with Crippen molar-refractivity contribution < 1.29 is 23.9 Å². The third kappa shape index (κ3) is 3.36. The lowest BCUT2D eigenvalue weighted by atomic mass is 9.80. The highest BCUT2D eigenvalue weighted by molar-refractivity contribution is 7.99. The third-order valence-corrected chi connectivity index (χ3v) is 5.29. The molecule has 0 aliphatic carbocycles. The van der Waals surface area contributed by atoms with Gasteiger partial charge in [0.15, 0.2) is 0 Å². The molecule has 2 unspecified atom stereocenters. The first kappa shape index (κ1) is 15.2. The number of thioether (sulfide) groups is 1. The van der Waals surface area contributed by atoms with Crippen LogP contribution >= 0.6 is 11.8 Å². The SMILES string of the molecule is OB(O)c1ccc(OC2CCOC3(CCSC3)C2)cc1F. The van der Waals surface area contributed by atoms with Gasteiger partial charge in [-0.15, -0.1) is 0 Å². The third-order valence-electron chi connectivity index (χ3n) is 4.07. The topological polar surface area (TPSA) is 58.9 Å². The summed E-state index contributed by atoms with van der Waals surface area (Å²) in [6.07, 6.45) is 2.67. The molecule has 2 heterocycles. The van der Waals surface area contributed by atoms with Gasteiger partial charge < -0.3 is 19.5 Å². The maximum atomic E-state index is 13.7. The van der Waals surface area contributed by atoms with E-state index in [-0.39, 0.29) is 17.2 Å². The van der Waals surface area contributed by atoms with Crippen molar-refractivity contribution in [1.29, 1.82) is 0 Å². The second-order valence-electron chi connectivity index (χ2n) is 5.62. The van der Waals surface area contributed by atoms with Crippen LogP contribution in [0.25, 0.3) is 0 Å². The summed E-state index contributed by atoms with van der Waals surface area (Å²) in [6, 6.07) is 4.12. The molecule has 2 fully saturated rings. The second kappa shape index (κ2) is 6.16. The molecule has 0 amide bonds. The number of rotatable bonds is 3. The van der Waals surface area contributed by atoms with Crippen molar-refractivity contribution in [3.8, 4) is 5.75 Å². The highest BCUT2D eigenvalue weighted by Crippen LogP contribution is 2.39. The second-order valence-corrected chi connectivity index (χ2v) is 6.73. The lowest BCUT2D eigenvalue weighted by Crippen LogP contribution is -2.43. The van der Waals surface area contributed by atoms with Crippen LogP contribution in [0, 0.1) is 5.82 Å². The van der Waals surface area contributed by atoms with Gasteiger partial charge in [-0.3, -0.25) is 0 Å². The van der Waals surface area contributed by atoms with Gasteiger partial charge in [0.2, 0.25) is 0 Å². The molecule has 1 aromatic rings. The monoisotopic (exact) mass is 312 g/mol. The van der Waals surface area contributed by atoms with E-state index >= 15 is 0 Å². The predicted octanol–water partition coefficient (Wildman–Crippen LogP) is 0.939. The van der Waals surface area contributed by atoms with Crippen LogP contribution in [-0.4, -0.2) is 47.0 Å². The molecule has 0 bridgehead atoms. The minimum Gasteiger partial charge on any atom is -0.490 e. The number of ether oxygens (including phenoxy) is 2. The lowest BCUT2D eigenvalue weighted by Gasteiger charge is -2.37. The fourth-order valence-electron chi connectivity index (χ4n) is 2.93. The zero-order chi connectivity index (χ0) is 14.9. The molecule has 2 aliphatic rings. The predicted molar refractivity (Wildman–Crippen MR) is 80.5 cm³/mol. The smallest absolute Gasteiger partial charge is 0.490 e. The molecule has 1 aromatic carbocycles. The molecule has 0 aromatic heterocycles. The highest BCUT2D eigenvalue weighted by atomic mass is 32.2. The zero-order valence-corrected chi connectivity index (χ0v) is 12.4. The van der Waals surface area contributed by atoms with Crippen molar-refractivity contribution in [2.24, 2.45) is 0 Å². The summed E-state index contributed by atoms with van der Waals surface area (Å²) in [4.78, 5) is 0. The Bertz CT molecular complexity index is 508. The molecule has 2 aliphatic heterocycles. The summed E-state index contributed by atoms with van der Waals surface area (Å²) in [5, 5.41) is 18.0. The molecule has 0 saturated carbocycles. The van der Waals surface area contributed by atoms with Crippen LogP contribution in [0.2, 0.25) is 0 Å². The lowest BCUT2D eigenvalue weighted by molar-refractivity contribution is -0.0959. The molecular weight excluding hydrogens is 294 g/mol. The van der Waals surface area contributed by atoms with Gasteiger partial charge in [-0.2, -0.15) is 11.8 Å². The standard InChI is InChI=1S/C14H18BFO4S/c16-13-7-10(1-2-12(13)15(17)18)20-11-3-5-19-14(8-11)4-6-21-9-14/h1-2,7,11,17-18H,3-6,8-9H2. The van der Waals surface area contributed by atoms with E-state index < -0.39 is 12.9 Å². The van der Waals surface area contributed by atoms with Crippen molar-refractivity contribution in [1.82, 2.24) is 0 Å².